The lowest BCUT2D eigenvalue weighted by Crippen LogP contribution is -2.08. The van der Waals surface area contributed by atoms with E-state index >= 15 is 0 Å². The summed E-state index contributed by atoms with van der Waals surface area (Å²) in [6, 6.07) is 8.77. The number of nitrogens with two attached hydrogens (primary N) is 1. The Kier molecular flexibility index (Phi) is 4.09. The molecule has 1 unspecified atom stereocenters. The fraction of sp³-hybridized carbons (Fsp3) is 0.538. The van der Waals surface area contributed by atoms with Gasteiger partial charge in [-0.2, -0.15) is 11.8 Å². The number of thioether (sulfide) groups is 1. The zero-order valence-electron chi connectivity index (χ0n) is 9.11. The van der Waals surface area contributed by atoms with Crippen LogP contribution >= 0.6 is 11.8 Å². The van der Waals surface area contributed by atoms with Gasteiger partial charge in [0.05, 0.1) is 0 Å². The second-order valence-electron chi connectivity index (χ2n) is 4.24. The molecular formula is C13H19NS. The summed E-state index contributed by atoms with van der Waals surface area (Å²) in [4.78, 5) is 0. The van der Waals surface area contributed by atoms with Crippen molar-refractivity contribution in [3.63, 3.8) is 0 Å². The predicted molar refractivity (Wildman–Crippen MR) is 68.3 cm³/mol. The molecule has 1 fully saturated rings. The van der Waals surface area contributed by atoms with Crippen molar-refractivity contribution in [3.05, 3.63) is 35.4 Å². The Morgan fingerprint density at radius 3 is 2.73 bits per heavy atom. The second kappa shape index (κ2) is 5.57. The highest BCUT2D eigenvalue weighted by Crippen LogP contribution is 2.27. The van der Waals surface area contributed by atoms with Crippen molar-refractivity contribution in [1.82, 2.24) is 0 Å². The largest absolute Gasteiger partial charge is 0.330 e. The lowest BCUT2D eigenvalue weighted by atomic mass is 9.94. The van der Waals surface area contributed by atoms with Crippen LogP contribution in [0.5, 0.6) is 0 Å². The third kappa shape index (κ3) is 2.99. The van der Waals surface area contributed by atoms with E-state index in [4.69, 9.17) is 5.73 Å². The van der Waals surface area contributed by atoms with Crippen LogP contribution in [0.3, 0.4) is 0 Å². The van der Waals surface area contributed by atoms with Gasteiger partial charge in [0.2, 0.25) is 0 Å². The molecule has 82 valence electrons. The molecule has 2 heteroatoms. The van der Waals surface area contributed by atoms with E-state index in [1.807, 2.05) is 0 Å². The third-order valence-corrected chi connectivity index (χ3v) is 4.30. The number of hydrogen-bond donors (Lipinski definition) is 1. The lowest BCUT2D eigenvalue weighted by molar-refractivity contribution is 0.592. The summed E-state index contributed by atoms with van der Waals surface area (Å²) in [6.07, 6.45) is 3.67. The second-order valence-corrected chi connectivity index (χ2v) is 5.39. The van der Waals surface area contributed by atoms with E-state index in [0.717, 1.165) is 18.9 Å². The molecule has 2 rings (SSSR count). The summed E-state index contributed by atoms with van der Waals surface area (Å²) in [7, 11) is 0. The topological polar surface area (TPSA) is 26.0 Å². The molecule has 0 saturated carbocycles. The minimum Gasteiger partial charge on any atom is -0.330 e. The molecule has 2 N–H and O–H groups in total. The van der Waals surface area contributed by atoms with Gasteiger partial charge >= 0.3 is 0 Å². The van der Waals surface area contributed by atoms with Gasteiger partial charge in [0.15, 0.2) is 0 Å². The summed E-state index contributed by atoms with van der Waals surface area (Å²) < 4.78 is 0. The highest BCUT2D eigenvalue weighted by atomic mass is 32.2. The summed E-state index contributed by atoms with van der Waals surface area (Å²) in [6.45, 7) is 0.760. The summed E-state index contributed by atoms with van der Waals surface area (Å²) >= 11 is 2.10. The summed E-state index contributed by atoms with van der Waals surface area (Å²) in [5.41, 5.74) is 8.61. The molecule has 1 aliphatic heterocycles. The zero-order valence-corrected chi connectivity index (χ0v) is 9.93. The van der Waals surface area contributed by atoms with Crippen molar-refractivity contribution in [2.45, 2.75) is 19.3 Å². The van der Waals surface area contributed by atoms with Gasteiger partial charge in [-0.25, -0.2) is 0 Å². The van der Waals surface area contributed by atoms with Crippen LogP contribution in [0.4, 0.5) is 0 Å². The smallest absolute Gasteiger partial charge is 0.00357 e. The molecule has 1 atom stereocenters. The first kappa shape index (κ1) is 11.0. The van der Waals surface area contributed by atoms with E-state index in [9.17, 15) is 0 Å². The maximum absolute atomic E-state index is 5.63. The molecule has 0 radical (unpaired) electrons. The van der Waals surface area contributed by atoms with E-state index in [0.29, 0.717) is 0 Å². The van der Waals surface area contributed by atoms with Crippen LogP contribution in [0.1, 0.15) is 17.5 Å². The summed E-state index contributed by atoms with van der Waals surface area (Å²) in [5, 5.41) is 0. The maximum atomic E-state index is 5.63. The first-order chi connectivity index (χ1) is 7.40. The van der Waals surface area contributed by atoms with Gasteiger partial charge in [-0.1, -0.05) is 24.3 Å². The van der Waals surface area contributed by atoms with E-state index in [2.05, 4.69) is 36.0 Å². The van der Waals surface area contributed by atoms with Crippen LogP contribution in [0.25, 0.3) is 0 Å². The van der Waals surface area contributed by atoms with Gasteiger partial charge in [-0.3, -0.25) is 0 Å². The van der Waals surface area contributed by atoms with Gasteiger partial charge < -0.3 is 5.73 Å². The molecular weight excluding hydrogens is 202 g/mol. The molecule has 1 aromatic carbocycles. The van der Waals surface area contributed by atoms with Gasteiger partial charge in [0.25, 0.3) is 0 Å². The van der Waals surface area contributed by atoms with Crippen LogP contribution in [0.2, 0.25) is 0 Å². The van der Waals surface area contributed by atoms with E-state index < -0.39 is 0 Å². The monoisotopic (exact) mass is 221 g/mol. The van der Waals surface area contributed by atoms with E-state index in [-0.39, 0.29) is 0 Å². The SMILES string of the molecule is NCCc1ccccc1CC1CCSC1. The molecule has 0 amide bonds. The standard InChI is InChI=1S/C13H19NS/c14-7-5-12-3-1-2-4-13(12)9-11-6-8-15-10-11/h1-4,11H,5-10,14H2. The Labute approximate surface area is 96.4 Å². The van der Waals surface area contributed by atoms with Crippen LogP contribution in [0.15, 0.2) is 24.3 Å². The lowest BCUT2D eigenvalue weighted by Gasteiger charge is -2.12. The molecule has 0 aliphatic carbocycles. The van der Waals surface area contributed by atoms with Crippen LogP contribution < -0.4 is 5.73 Å². The molecule has 1 nitrogen and oxygen atoms in total. The Bertz CT molecular complexity index is 305. The predicted octanol–water partition coefficient (Wildman–Crippen LogP) is 2.48. The molecule has 1 heterocycles. The first-order valence-electron chi connectivity index (χ1n) is 5.74. The minimum atomic E-state index is 0.760. The normalized spacial score (nSPS) is 20.7. The van der Waals surface area contributed by atoms with Gasteiger partial charge in [-0.05, 0) is 54.4 Å². The van der Waals surface area contributed by atoms with Gasteiger partial charge in [0.1, 0.15) is 0 Å². The van der Waals surface area contributed by atoms with Crippen LogP contribution in [0, 0.1) is 5.92 Å². The Hall–Kier alpha value is -0.470. The first-order valence-corrected chi connectivity index (χ1v) is 6.90. The highest BCUT2D eigenvalue weighted by Gasteiger charge is 2.16. The minimum absolute atomic E-state index is 0.760. The van der Waals surface area contributed by atoms with Crippen molar-refractivity contribution in [3.8, 4) is 0 Å². The maximum Gasteiger partial charge on any atom is -0.00357 e. The van der Waals surface area contributed by atoms with Crippen molar-refractivity contribution < 1.29 is 0 Å². The van der Waals surface area contributed by atoms with Gasteiger partial charge in [0, 0.05) is 0 Å². The Morgan fingerprint density at radius 1 is 1.27 bits per heavy atom. The van der Waals surface area contributed by atoms with Crippen LogP contribution in [-0.2, 0) is 12.8 Å². The van der Waals surface area contributed by atoms with E-state index in [1.54, 1.807) is 0 Å². The number of hydrogen-bond acceptors (Lipinski definition) is 2. The zero-order chi connectivity index (χ0) is 10.5. The molecule has 0 bridgehead atoms. The molecule has 15 heavy (non-hydrogen) atoms. The van der Waals surface area contributed by atoms with Crippen molar-refractivity contribution in [2.75, 3.05) is 18.1 Å². The molecule has 1 saturated heterocycles. The molecule has 0 spiro atoms. The number of rotatable bonds is 4. The van der Waals surface area contributed by atoms with Crippen molar-refractivity contribution >= 4 is 11.8 Å². The van der Waals surface area contributed by atoms with Crippen molar-refractivity contribution in [1.29, 1.82) is 0 Å². The van der Waals surface area contributed by atoms with Gasteiger partial charge in [-0.15, -0.1) is 0 Å². The average Bonchev–Trinajstić information content (AvgIpc) is 2.74. The molecule has 1 aromatic rings. The Morgan fingerprint density at radius 2 is 2.07 bits per heavy atom. The third-order valence-electron chi connectivity index (χ3n) is 3.06. The fourth-order valence-electron chi connectivity index (χ4n) is 2.21. The Balaban J connectivity index is 2.05. The average molecular weight is 221 g/mol. The van der Waals surface area contributed by atoms with Crippen molar-refractivity contribution in [2.24, 2.45) is 11.7 Å². The summed E-state index contributed by atoms with van der Waals surface area (Å²) in [5.74, 6) is 3.59. The van der Waals surface area contributed by atoms with E-state index in [1.165, 1.54) is 35.5 Å². The molecule has 1 aliphatic rings. The van der Waals surface area contributed by atoms with Crippen LogP contribution in [-0.4, -0.2) is 18.1 Å². The molecule has 0 aromatic heterocycles. The number of benzene rings is 1. The quantitative estimate of drug-likeness (QED) is 0.845. The fourth-order valence-corrected chi connectivity index (χ4v) is 3.50. The highest BCUT2D eigenvalue weighted by molar-refractivity contribution is 7.99.